The second-order valence-electron chi connectivity index (χ2n) is 5.30. The average Bonchev–Trinajstić information content (AvgIpc) is 2.39. The van der Waals surface area contributed by atoms with Crippen LogP contribution in [0.2, 0.25) is 0 Å². The number of ketones is 1. The van der Waals surface area contributed by atoms with Crippen LogP contribution in [0.5, 0.6) is 0 Å². The maximum absolute atomic E-state index is 12.2. The fraction of sp³-hybridized carbons (Fsp3) is 0.562. The summed E-state index contributed by atoms with van der Waals surface area (Å²) in [5.74, 6) is 0.269. The number of hydrogen-bond acceptors (Lipinski definition) is 3. The first kappa shape index (κ1) is 14.2. The number of carbonyl (C=O) groups excluding carboxylic acids is 1. The molecular weight excluding hydrogens is 238 g/mol. The van der Waals surface area contributed by atoms with Crippen LogP contribution in [-0.4, -0.2) is 43.5 Å². The molecule has 0 saturated carbocycles. The number of Topliss-reactive ketones (excluding diaryl/α,β-unsaturated/α-hetero) is 1. The van der Waals surface area contributed by atoms with Crippen LogP contribution in [0, 0.1) is 13.8 Å². The van der Waals surface area contributed by atoms with Gasteiger partial charge in [-0.1, -0.05) is 23.8 Å². The molecule has 19 heavy (non-hydrogen) atoms. The van der Waals surface area contributed by atoms with Crippen molar-refractivity contribution in [3.05, 3.63) is 34.9 Å². The zero-order chi connectivity index (χ0) is 13.7. The first-order chi connectivity index (χ1) is 9.16. The van der Waals surface area contributed by atoms with Crippen LogP contribution in [0.15, 0.2) is 18.2 Å². The van der Waals surface area contributed by atoms with Crippen LogP contribution < -0.4 is 0 Å². The maximum Gasteiger partial charge on any atom is 0.163 e. The molecule has 1 aromatic carbocycles. The van der Waals surface area contributed by atoms with Gasteiger partial charge < -0.3 is 4.74 Å². The van der Waals surface area contributed by atoms with E-state index in [0.29, 0.717) is 6.42 Å². The molecule has 1 aromatic rings. The monoisotopic (exact) mass is 261 g/mol. The van der Waals surface area contributed by atoms with Gasteiger partial charge in [-0.05, 0) is 32.4 Å². The molecule has 3 heteroatoms. The first-order valence-corrected chi connectivity index (χ1v) is 7.07. The van der Waals surface area contributed by atoms with Gasteiger partial charge in [-0.25, -0.2) is 0 Å². The SMILES string of the molecule is Cc1ccc(C(=O)CCCN2CCOCC2)c(C)c1. The molecule has 0 amide bonds. The van der Waals surface area contributed by atoms with E-state index in [-0.39, 0.29) is 5.78 Å². The number of benzene rings is 1. The average molecular weight is 261 g/mol. The third-order valence-electron chi connectivity index (χ3n) is 3.66. The summed E-state index contributed by atoms with van der Waals surface area (Å²) in [6.45, 7) is 8.72. The molecule has 1 aliphatic heterocycles. The predicted octanol–water partition coefficient (Wildman–Crippen LogP) is 2.60. The Hall–Kier alpha value is -1.19. The molecule has 104 valence electrons. The summed E-state index contributed by atoms with van der Waals surface area (Å²) in [6.07, 6.45) is 1.58. The van der Waals surface area contributed by atoms with Crippen molar-refractivity contribution in [3.63, 3.8) is 0 Å². The van der Waals surface area contributed by atoms with Crippen molar-refractivity contribution in [2.75, 3.05) is 32.8 Å². The van der Waals surface area contributed by atoms with Gasteiger partial charge in [-0.3, -0.25) is 9.69 Å². The maximum atomic E-state index is 12.2. The van der Waals surface area contributed by atoms with Crippen LogP contribution in [-0.2, 0) is 4.74 Å². The minimum absolute atomic E-state index is 0.269. The van der Waals surface area contributed by atoms with Gasteiger partial charge in [0.2, 0.25) is 0 Å². The molecule has 0 aliphatic carbocycles. The van der Waals surface area contributed by atoms with Crippen molar-refractivity contribution in [1.29, 1.82) is 0 Å². The molecule has 1 heterocycles. The fourth-order valence-corrected chi connectivity index (χ4v) is 2.55. The zero-order valence-corrected chi connectivity index (χ0v) is 11.9. The molecule has 3 nitrogen and oxygen atoms in total. The molecule has 1 saturated heterocycles. The molecule has 0 radical (unpaired) electrons. The Kier molecular flexibility index (Phi) is 5.11. The van der Waals surface area contributed by atoms with E-state index in [9.17, 15) is 4.79 Å². The van der Waals surface area contributed by atoms with E-state index in [1.54, 1.807) is 0 Å². The van der Waals surface area contributed by atoms with Gasteiger partial charge in [0.05, 0.1) is 13.2 Å². The minimum atomic E-state index is 0.269. The number of rotatable bonds is 5. The molecule has 0 N–H and O–H groups in total. The van der Waals surface area contributed by atoms with Gasteiger partial charge >= 0.3 is 0 Å². The third kappa shape index (κ3) is 4.15. The normalized spacial score (nSPS) is 16.5. The van der Waals surface area contributed by atoms with E-state index >= 15 is 0 Å². The highest BCUT2D eigenvalue weighted by atomic mass is 16.5. The van der Waals surface area contributed by atoms with Crippen molar-refractivity contribution in [2.24, 2.45) is 0 Å². The lowest BCUT2D eigenvalue weighted by Crippen LogP contribution is -2.36. The zero-order valence-electron chi connectivity index (χ0n) is 11.9. The summed E-state index contributed by atoms with van der Waals surface area (Å²) < 4.78 is 5.31. The topological polar surface area (TPSA) is 29.5 Å². The van der Waals surface area contributed by atoms with Crippen LogP contribution >= 0.6 is 0 Å². The Balaban J connectivity index is 1.80. The Morgan fingerprint density at radius 3 is 2.68 bits per heavy atom. The second kappa shape index (κ2) is 6.83. The molecule has 1 fully saturated rings. The standard InChI is InChI=1S/C16H23NO2/c1-13-5-6-15(14(2)12-13)16(18)4-3-7-17-8-10-19-11-9-17/h5-6,12H,3-4,7-11H2,1-2H3. The van der Waals surface area contributed by atoms with Gasteiger partial charge in [-0.2, -0.15) is 0 Å². The highest BCUT2D eigenvalue weighted by Crippen LogP contribution is 2.14. The van der Waals surface area contributed by atoms with Crippen LogP contribution in [0.4, 0.5) is 0 Å². The molecule has 1 aliphatic rings. The smallest absolute Gasteiger partial charge is 0.163 e. The van der Waals surface area contributed by atoms with Crippen molar-refractivity contribution < 1.29 is 9.53 Å². The van der Waals surface area contributed by atoms with E-state index in [1.165, 1.54) is 5.56 Å². The molecule has 0 aromatic heterocycles. The molecule has 2 rings (SSSR count). The predicted molar refractivity (Wildman–Crippen MR) is 76.7 cm³/mol. The third-order valence-corrected chi connectivity index (χ3v) is 3.66. The molecule has 0 atom stereocenters. The van der Waals surface area contributed by atoms with Crippen LogP contribution in [0.3, 0.4) is 0 Å². The summed E-state index contributed by atoms with van der Waals surface area (Å²) in [5, 5.41) is 0. The summed E-state index contributed by atoms with van der Waals surface area (Å²) >= 11 is 0. The van der Waals surface area contributed by atoms with Crippen molar-refractivity contribution in [1.82, 2.24) is 4.90 Å². The highest BCUT2D eigenvalue weighted by Gasteiger charge is 2.12. The lowest BCUT2D eigenvalue weighted by molar-refractivity contribution is 0.0371. The summed E-state index contributed by atoms with van der Waals surface area (Å²) in [4.78, 5) is 14.5. The Bertz CT molecular complexity index is 436. The van der Waals surface area contributed by atoms with Gasteiger partial charge in [0.25, 0.3) is 0 Å². The van der Waals surface area contributed by atoms with E-state index in [2.05, 4.69) is 17.9 Å². The second-order valence-corrected chi connectivity index (χ2v) is 5.30. The number of aryl methyl sites for hydroxylation is 2. The number of nitrogens with zero attached hydrogens (tertiary/aromatic N) is 1. The minimum Gasteiger partial charge on any atom is -0.379 e. The van der Waals surface area contributed by atoms with Crippen molar-refractivity contribution >= 4 is 5.78 Å². The molecule has 0 bridgehead atoms. The largest absolute Gasteiger partial charge is 0.379 e. The van der Waals surface area contributed by atoms with Crippen molar-refractivity contribution in [3.8, 4) is 0 Å². The van der Waals surface area contributed by atoms with Crippen molar-refractivity contribution in [2.45, 2.75) is 26.7 Å². The number of carbonyl (C=O) groups is 1. The van der Waals surface area contributed by atoms with Gasteiger partial charge in [0.15, 0.2) is 5.78 Å². The van der Waals surface area contributed by atoms with Crippen LogP contribution in [0.25, 0.3) is 0 Å². The molecular formula is C16H23NO2. The van der Waals surface area contributed by atoms with Gasteiger partial charge in [0, 0.05) is 25.1 Å². The lowest BCUT2D eigenvalue weighted by Gasteiger charge is -2.26. The number of hydrogen-bond donors (Lipinski definition) is 0. The number of morpholine rings is 1. The first-order valence-electron chi connectivity index (χ1n) is 7.07. The summed E-state index contributed by atoms with van der Waals surface area (Å²) in [7, 11) is 0. The number of ether oxygens (including phenoxy) is 1. The van der Waals surface area contributed by atoms with Gasteiger partial charge in [-0.15, -0.1) is 0 Å². The van der Waals surface area contributed by atoms with Crippen LogP contribution in [0.1, 0.15) is 34.3 Å². The Morgan fingerprint density at radius 1 is 1.26 bits per heavy atom. The highest BCUT2D eigenvalue weighted by molar-refractivity contribution is 5.97. The Labute approximate surface area is 115 Å². The van der Waals surface area contributed by atoms with Gasteiger partial charge in [0.1, 0.15) is 0 Å². The quantitative estimate of drug-likeness (QED) is 0.763. The fourth-order valence-electron chi connectivity index (χ4n) is 2.55. The molecule has 0 spiro atoms. The van der Waals surface area contributed by atoms with E-state index in [1.807, 2.05) is 19.1 Å². The van der Waals surface area contributed by atoms with E-state index in [0.717, 1.165) is 50.4 Å². The van der Waals surface area contributed by atoms with E-state index < -0.39 is 0 Å². The Morgan fingerprint density at radius 2 is 2.00 bits per heavy atom. The lowest BCUT2D eigenvalue weighted by atomic mass is 9.99. The van der Waals surface area contributed by atoms with E-state index in [4.69, 9.17) is 4.74 Å². The summed E-state index contributed by atoms with van der Waals surface area (Å²) in [6, 6.07) is 6.05. The molecule has 0 unspecified atom stereocenters. The summed E-state index contributed by atoms with van der Waals surface area (Å²) in [5.41, 5.74) is 3.19.